The molecule has 3 rings (SSSR count). The lowest BCUT2D eigenvalue weighted by Gasteiger charge is -2.30. The molecule has 2 amide bonds. The fourth-order valence-corrected chi connectivity index (χ4v) is 3.05. The number of carbonyl (C=O) groups is 2. The summed E-state index contributed by atoms with van der Waals surface area (Å²) in [6.45, 7) is 2.15. The SMILES string of the molecule is CC(=O)N(Cc1ccccc1)[C@H](C(=O)NCc1ccccn1)c1ccccc1. The Kier molecular flexibility index (Phi) is 6.52. The van der Waals surface area contributed by atoms with E-state index in [1.165, 1.54) is 6.92 Å². The van der Waals surface area contributed by atoms with Crippen LogP contribution in [0.1, 0.15) is 29.8 Å². The number of hydrogen-bond donors (Lipinski definition) is 1. The summed E-state index contributed by atoms with van der Waals surface area (Å²) in [5, 5.41) is 2.92. The molecule has 0 aliphatic heterocycles. The van der Waals surface area contributed by atoms with Crippen LogP contribution in [-0.2, 0) is 22.7 Å². The third-order valence-corrected chi connectivity index (χ3v) is 4.45. The first-order valence-corrected chi connectivity index (χ1v) is 9.19. The number of rotatable bonds is 7. The number of benzene rings is 2. The predicted molar refractivity (Wildman–Crippen MR) is 108 cm³/mol. The Morgan fingerprint density at radius 1 is 0.929 bits per heavy atom. The van der Waals surface area contributed by atoms with Crippen LogP contribution >= 0.6 is 0 Å². The first-order chi connectivity index (χ1) is 13.6. The molecular weight excluding hydrogens is 350 g/mol. The van der Waals surface area contributed by atoms with Gasteiger partial charge in [-0.05, 0) is 23.3 Å². The van der Waals surface area contributed by atoms with E-state index in [9.17, 15) is 9.59 Å². The standard InChI is InChI=1S/C23H23N3O2/c1-18(27)26(17-19-10-4-2-5-11-19)22(20-12-6-3-7-13-20)23(28)25-16-21-14-8-9-15-24-21/h2-15,22H,16-17H2,1H3,(H,25,28)/t22-/m0/s1. The van der Waals surface area contributed by atoms with Crippen molar-refractivity contribution >= 4 is 11.8 Å². The Bertz CT molecular complexity index is 899. The maximum absolute atomic E-state index is 13.1. The lowest BCUT2D eigenvalue weighted by atomic mass is 10.0. The van der Waals surface area contributed by atoms with E-state index in [4.69, 9.17) is 0 Å². The van der Waals surface area contributed by atoms with E-state index in [2.05, 4.69) is 10.3 Å². The molecule has 1 heterocycles. The molecule has 0 radical (unpaired) electrons. The highest BCUT2D eigenvalue weighted by Crippen LogP contribution is 2.24. The zero-order valence-corrected chi connectivity index (χ0v) is 15.8. The van der Waals surface area contributed by atoms with Crippen LogP contribution in [0.2, 0.25) is 0 Å². The number of pyridine rings is 1. The van der Waals surface area contributed by atoms with Gasteiger partial charge in [0.2, 0.25) is 11.8 Å². The van der Waals surface area contributed by atoms with E-state index in [0.29, 0.717) is 13.1 Å². The Morgan fingerprint density at radius 2 is 1.57 bits per heavy atom. The first-order valence-electron chi connectivity index (χ1n) is 9.19. The quantitative estimate of drug-likeness (QED) is 0.690. The van der Waals surface area contributed by atoms with Gasteiger partial charge in [-0.3, -0.25) is 14.6 Å². The van der Waals surface area contributed by atoms with Crippen molar-refractivity contribution in [3.05, 3.63) is 102 Å². The lowest BCUT2D eigenvalue weighted by molar-refractivity contribution is -0.140. The van der Waals surface area contributed by atoms with Crippen molar-refractivity contribution in [2.24, 2.45) is 0 Å². The summed E-state index contributed by atoms with van der Waals surface area (Å²) in [5.74, 6) is -0.395. The Hall–Kier alpha value is -3.47. The molecular formula is C23H23N3O2. The number of nitrogens with zero attached hydrogens (tertiary/aromatic N) is 2. The van der Waals surface area contributed by atoms with Crippen LogP contribution in [0, 0.1) is 0 Å². The van der Waals surface area contributed by atoms with Gasteiger partial charge in [0.1, 0.15) is 6.04 Å². The monoisotopic (exact) mass is 373 g/mol. The lowest BCUT2D eigenvalue weighted by Crippen LogP contribution is -2.42. The topological polar surface area (TPSA) is 62.3 Å². The number of amides is 2. The molecule has 142 valence electrons. The van der Waals surface area contributed by atoms with Crippen molar-refractivity contribution in [1.82, 2.24) is 15.2 Å². The Morgan fingerprint density at radius 3 is 2.18 bits per heavy atom. The van der Waals surface area contributed by atoms with Gasteiger partial charge in [0.15, 0.2) is 0 Å². The molecule has 1 aromatic heterocycles. The summed E-state index contributed by atoms with van der Waals surface area (Å²) < 4.78 is 0. The second kappa shape index (κ2) is 9.46. The van der Waals surface area contributed by atoms with E-state index >= 15 is 0 Å². The van der Waals surface area contributed by atoms with E-state index < -0.39 is 6.04 Å². The van der Waals surface area contributed by atoms with Crippen LogP contribution in [0.5, 0.6) is 0 Å². The summed E-state index contributed by atoms with van der Waals surface area (Å²) in [7, 11) is 0. The zero-order valence-electron chi connectivity index (χ0n) is 15.8. The van der Waals surface area contributed by atoms with Gasteiger partial charge < -0.3 is 10.2 Å². The van der Waals surface area contributed by atoms with Gasteiger partial charge in [-0.1, -0.05) is 66.7 Å². The third-order valence-electron chi connectivity index (χ3n) is 4.45. The highest BCUT2D eigenvalue weighted by atomic mass is 16.2. The Labute approximate surface area is 165 Å². The van der Waals surface area contributed by atoms with E-state index in [-0.39, 0.29) is 11.8 Å². The van der Waals surface area contributed by atoms with Crippen LogP contribution < -0.4 is 5.32 Å². The van der Waals surface area contributed by atoms with Crippen molar-refractivity contribution in [2.75, 3.05) is 0 Å². The minimum atomic E-state index is -0.720. The average Bonchev–Trinajstić information content (AvgIpc) is 2.74. The molecule has 5 heteroatoms. The average molecular weight is 373 g/mol. The van der Waals surface area contributed by atoms with Crippen LogP contribution in [0.15, 0.2) is 85.1 Å². The first kappa shape index (κ1) is 19.3. The Balaban J connectivity index is 1.86. The van der Waals surface area contributed by atoms with Gasteiger partial charge in [0, 0.05) is 19.7 Å². The summed E-state index contributed by atoms with van der Waals surface area (Å²) in [5.41, 5.74) is 2.50. The van der Waals surface area contributed by atoms with Crippen molar-refractivity contribution in [3.8, 4) is 0 Å². The molecule has 3 aromatic rings. The smallest absolute Gasteiger partial charge is 0.247 e. The number of hydrogen-bond acceptors (Lipinski definition) is 3. The molecule has 0 saturated heterocycles. The zero-order chi connectivity index (χ0) is 19.8. The number of carbonyl (C=O) groups excluding carboxylic acids is 2. The maximum atomic E-state index is 13.1. The molecule has 0 aliphatic rings. The molecule has 0 saturated carbocycles. The molecule has 1 atom stereocenters. The van der Waals surface area contributed by atoms with Crippen molar-refractivity contribution in [3.63, 3.8) is 0 Å². The largest absolute Gasteiger partial charge is 0.348 e. The summed E-state index contributed by atoms with van der Waals surface area (Å²) in [6.07, 6.45) is 1.69. The third kappa shape index (κ3) is 5.04. The highest BCUT2D eigenvalue weighted by Gasteiger charge is 2.29. The molecule has 28 heavy (non-hydrogen) atoms. The number of nitrogens with one attached hydrogen (secondary N) is 1. The fraction of sp³-hybridized carbons (Fsp3) is 0.174. The molecule has 0 aliphatic carbocycles. The van der Waals surface area contributed by atoms with Crippen LogP contribution in [0.25, 0.3) is 0 Å². The van der Waals surface area contributed by atoms with Crippen LogP contribution in [-0.4, -0.2) is 21.7 Å². The van der Waals surface area contributed by atoms with Crippen molar-refractivity contribution in [2.45, 2.75) is 26.1 Å². The molecule has 5 nitrogen and oxygen atoms in total. The van der Waals surface area contributed by atoms with Gasteiger partial charge in [0.05, 0.1) is 12.2 Å². The van der Waals surface area contributed by atoms with Crippen molar-refractivity contribution < 1.29 is 9.59 Å². The number of aromatic nitrogens is 1. The normalized spacial score (nSPS) is 11.5. The van der Waals surface area contributed by atoms with Gasteiger partial charge in [0.25, 0.3) is 0 Å². The van der Waals surface area contributed by atoms with Crippen LogP contribution in [0.3, 0.4) is 0 Å². The van der Waals surface area contributed by atoms with Gasteiger partial charge >= 0.3 is 0 Å². The second-order valence-corrected chi connectivity index (χ2v) is 6.48. The minimum Gasteiger partial charge on any atom is -0.348 e. The van der Waals surface area contributed by atoms with E-state index in [1.54, 1.807) is 11.1 Å². The summed E-state index contributed by atoms with van der Waals surface area (Å²) in [4.78, 5) is 31.4. The molecule has 2 aromatic carbocycles. The molecule has 1 N–H and O–H groups in total. The van der Waals surface area contributed by atoms with Gasteiger partial charge in [-0.25, -0.2) is 0 Å². The summed E-state index contributed by atoms with van der Waals surface area (Å²) in [6, 6.07) is 23.9. The van der Waals surface area contributed by atoms with Crippen molar-refractivity contribution in [1.29, 1.82) is 0 Å². The minimum absolute atomic E-state index is 0.161. The maximum Gasteiger partial charge on any atom is 0.247 e. The highest BCUT2D eigenvalue weighted by molar-refractivity contribution is 5.88. The van der Waals surface area contributed by atoms with E-state index in [0.717, 1.165) is 16.8 Å². The molecule has 0 bridgehead atoms. The second-order valence-electron chi connectivity index (χ2n) is 6.48. The summed E-state index contributed by atoms with van der Waals surface area (Å²) >= 11 is 0. The molecule has 0 fully saturated rings. The van der Waals surface area contributed by atoms with Gasteiger partial charge in [-0.2, -0.15) is 0 Å². The van der Waals surface area contributed by atoms with E-state index in [1.807, 2.05) is 78.9 Å². The van der Waals surface area contributed by atoms with Gasteiger partial charge in [-0.15, -0.1) is 0 Å². The fourth-order valence-electron chi connectivity index (χ4n) is 3.05. The molecule has 0 unspecified atom stereocenters. The molecule has 0 spiro atoms. The predicted octanol–water partition coefficient (Wildman–Crippen LogP) is 3.49. The van der Waals surface area contributed by atoms with Crippen LogP contribution in [0.4, 0.5) is 0 Å².